The maximum atomic E-state index is 2.30. The molecular weight excluding hydrogens is 115 g/mol. The topological polar surface area (TPSA) is 0 Å². The molecule has 0 amide bonds. The van der Waals surface area contributed by atoms with Gasteiger partial charge in [0.05, 0.1) is 0 Å². The first-order chi connectivity index (χ1) is 3.35. The molecular formula is C6H21B2Li3. The van der Waals surface area contributed by atoms with Crippen molar-refractivity contribution < 1.29 is 37.7 Å². The molecule has 0 aromatic carbocycles. The Morgan fingerprint density at radius 3 is 1.00 bits per heavy atom. The van der Waals surface area contributed by atoms with Gasteiger partial charge in [0.25, 0.3) is 0 Å². The van der Waals surface area contributed by atoms with E-state index in [1.54, 1.807) is 0 Å². The van der Waals surface area contributed by atoms with E-state index in [-0.39, 0.29) is 65.0 Å². The fraction of sp³-hybridized carbons (Fsp3) is 1.00. The van der Waals surface area contributed by atoms with Crippen LogP contribution >= 0.6 is 0 Å². The number of hydrogen-bond acceptors (Lipinski definition) is 0. The molecule has 0 saturated carbocycles. The van der Waals surface area contributed by atoms with Crippen molar-refractivity contribution in [3.8, 4) is 0 Å². The molecule has 11 heavy (non-hydrogen) atoms. The standard InChI is InChI=1S/C6H16B.BH4.3Li.H/c1-4-7(5-2)6-3;;;;;/h7H,4-6H2,1-3H3;1H4;;;;/q2*-1;;2*+1;. The van der Waals surface area contributed by atoms with Gasteiger partial charge in [0.15, 0.2) is 0 Å². The van der Waals surface area contributed by atoms with E-state index in [0.717, 1.165) is 0 Å². The van der Waals surface area contributed by atoms with E-state index in [0.29, 0.717) is 6.71 Å². The molecule has 0 radical (unpaired) electrons. The molecule has 0 N–H and O–H groups in total. The van der Waals surface area contributed by atoms with Crippen molar-refractivity contribution in [2.45, 2.75) is 39.7 Å². The van der Waals surface area contributed by atoms with Crippen LogP contribution in [0.2, 0.25) is 19.0 Å². The maximum absolute atomic E-state index is 2.30. The summed E-state index contributed by atoms with van der Waals surface area (Å²) in [6.45, 7) is 7.19. The van der Waals surface area contributed by atoms with Crippen molar-refractivity contribution in [3.05, 3.63) is 0 Å². The first-order valence-corrected chi connectivity index (χ1v) is 3.62. The fourth-order valence-electron chi connectivity index (χ4n) is 1.06. The second-order valence-corrected chi connectivity index (χ2v) is 2.56. The summed E-state index contributed by atoms with van der Waals surface area (Å²) in [4.78, 5) is 0. The zero-order valence-electron chi connectivity index (χ0n) is 7.83. The van der Waals surface area contributed by atoms with Gasteiger partial charge in [0, 0.05) is 0 Å². The molecule has 5 heteroatoms. The first-order valence-electron chi connectivity index (χ1n) is 3.62. The third-order valence-electron chi connectivity index (χ3n) is 2.12. The zero-order valence-corrected chi connectivity index (χ0v) is 7.83. The van der Waals surface area contributed by atoms with Crippen LogP contribution in [0.3, 0.4) is 0 Å². The molecule has 0 saturated heterocycles. The molecule has 0 aromatic rings. The van der Waals surface area contributed by atoms with E-state index in [2.05, 4.69) is 20.8 Å². The van der Waals surface area contributed by atoms with Gasteiger partial charge >= 0.3 is 56.6 Å². The number of rotatable bonds is 3. The first kappa shape index (κ1) is 29.3. The van der Waals surface area contributed by atoms with E-state index in [4.69, 9.17) is 0 Å². The van der Waals surface area contributed by atoms with Crippen LogP contribution in [0.5, 0.6) is 0 Å². The third-order valence-corrected chi connectivity index (χ3v) is 2.12. The van der Waals surface area contributed by atoms with E-state index in [1.807, 2.05) is 0 Å². The summed E-state index contributed by atoms with van der Waals surface area (Å²) in [7, 11) is 0. The Balaban J connectivity index is -0.0000000300. The molecule has 0 unspecified atom stereocenters. The van der Waals surface area contributed by atoms with Crippen LogP contribution in [0.1, 0.15) is 20.8 Å². The van der Waals surface area contributed by atoms with Crippen LogP contribution in [0.25, 0.3) is 0 Å². The second kappa shape index (κ2) is 22.7. The average molecular weight is 136 g/mol. The average Bonchev–Trinajstić information content (AvgIpc) is 1.72. The molecule has 0 nitrogen and oxygen atoms in total. The van der Waals surface area contributed by atoms with Gasteiger partial charge in [-0.05, 0) is 6.71 Å². The summed E-state index contributed by atoms with van der Waals surface area (Å²) in [6.07, 6.45) is 4.31. The second-order valence-electron chi connectivity index (χ2n) is 2.56. The Labute approximate surface area is 111 Å². The van der Waals surface area contributed by atoms with Gasteiger partial charge in [-0.3, -0.25) is 0 Å². The van der Waals surface area contributed by atoms with Crippen molar-refractivity contribution in [2.75, 3.05) is 0 Å². The van der Waals surface area contributed by atoms with Crippen LogP contribution in [0.4, 0.5) is 0 Å². The minimum atomic E-state index is 0. The van der Waals surface area contributed by atoms with Crippen LogP contribution in [-0.2, 0) is 0 Å². The van der Waals surface area contributed by atoms with Gasteiger partial charge in [0.1, 0.15) is 0 Å². The minimum absolute atomic E-state index is 0. The monoisotopic (exact) mass is 136 g/mol. The van der Waals surface area contributed by atoms with E-state index >= 15 is 0 Å². The van der Waals surface area contributed by atoms with Gasteiger partial charge in [-0.25, -0.2) is 0 Å². The Bertz CT molecular complexity index is 37.3. The third kappa shape index (κ3) is 18.7. The molecule has 0 heterocycles. The molecule has 0 spiro atoms. The van der Waals surface area contributed by atoms with Crippen molar-refractivity contribution in [3.63, 3.8) is 0 Å². The van der Waals surface area contributed by atoms with Crippen molar-refractivity contribution >= 4 is 34.0 Å². The van der Waals surface area contributed by atoms with E-state index < -0.39 is 0 Å². The molecule has 0 aliphatic heterocycles. The van der Waals surface area contributed by atoms with Gasteiger partial charge in [-0.2, -0.15) is 19.0 Å². The van der Waals surface area contributed by atoms with Crippen molar-refractivity contribution in [2.24, 2.45) is 0 Å². The predicted molar refractivity (Wildman–Crippen MR) is 57.1 cm³/mol. The van der Waals surface area contributed by atoms with Crippen LogP contribution in [0, 0.1) is 0 Å². The van der Waals surface area contributed by atoms with Crippen LogP contribution in [-0.4, -0.2) is 34.0 Å². The van der Waals surface area contributed by atoms with Gasteiger partial charge < -0.3 is 0 Å². The summed E-state index contributed by atoms with van der Waals surface area (Å²) >= 11 is 0. The Kier molecular flexibility index (Phi) is 60.3. The summed E-state index contributed by atoms with van der Waals surface area (Å²) in [5.74, 6) is 0. The Morgan fingerprint density at radius 2 is 1.00 bits per heavy atom. The molecule has 0 aliphatic carbocycles. The Morgan fingerprint density at radius 1 is 0.818 bits per heavy atom. The summed E-state index contributed by atoms with van der Waals surface area (Å²) in [6, 6.07) is 0. The molecule has 0 fully saturated rings. The molecule has 0 aromatic heterocycles. The zero-order chi connectivity index (χ0) is 5.70. The van der Waals surface area contributed by atoms with Gasteiger partial charge in [-0.1, -0.05) is 29.2 Å². The van der Waals surface area contributed by atoms with Crippen LogP contribution in [0.15, 0.2) is 0 Å². The number of hydrogen-bond donors (Lipinski definition) is 0. The fourth-order valence-corrected chi connectivity index (χ4v) is 1.06. The molecule has 0 bridgehead atoms. The predicted octanol–water partition coefficient (Wildman–Crippen LogP) is -5.82. The van der Waals surface area contributed by atoms with E-state index in [9.17, 15) is 0 Å². The van der Waals surface area contributed by atoms with E-state index in [1.165, 1.54) is 19.0 Å². The molecule has 0 rings (SSSR count). The van der Waals surface area contributed by atoms with Gasteiger partial charge in [-0.15, -0.1) is 0 Å². The normalized spacial score (nSPS) is 6.55. The SMILES string of the molecule is CC[BH-](CC)CC.[BH4-].[Li+].[Li+].[LiH]. The van der Waals surface area contributed by atoms with Crippen molar-refractivity contribution in [1.29, 1.82) is 0 Å². The van der Waals surface area contributed by atoms with Crippen molar-refractivity contribution in [1.82, 2.24) is 0 Å². The molecule has 0 atom stereocenters. The summed E-state index contributed by atoms with van der Waals surface area (Å²) in [5, 5.41) is 0. The summed E-state index contributed by atoms with van der Waals surface area (Å²) in [5.41, 5.74) is 0. The van der Waals surface area contributed by atoms with Gasteiger partial charge in [0.2, 0.25) is 0 Å². The summed E-state index contributed by atoms with van der Waals surface area (Å²) < 4.78 is 0. The van der Waals surface area contributed by atoms with Crippen LogP contribution < -0.4 is 37.7 Å². The molecule has 0 aliphatic rings. The molecule has 54 valence electrons. The Hall–Kier alpha value is 1.92. The quantitative estimate of drug-likeness (QED) is 0.339.